The van der Waals surface area contributed by atoms with Gasteiger partial charge >= 0.3 is 0 Å². The molecule has 188 valence electrons. The van der Waals surface area contributed by atoms with Gasteiger partial charge in [0.05, 0.1) is 0 Å². The van der Waals surface area contributed by atoms with Gasteiger partial charge in [-0.3, -0.25) is 0 Å². The highest BCUT2D eigenvalue weighted by Crippen LogP contribution is 2.51. The van der Waals surface area contributed by atoms with Crippen molar-refractivity contribution in [1.82, 2.24) is 9.80 Å². The maximum atomic E-state index is 2.59. The van der Waals surface area contributed by atoms with E-state index in [4.69, 9.17) is 0 Å². The lowest BCUT2D eigenvalue weighted by Crippen LogP contribution is -2.64. The third-order valence-electron chi connectivity index (χ3n) is 8.39. The first-order chi connectivity index (χ1) is 18.7. The van der Waals surface area contributed by atoms with E-state index in [9.17, 15) is 0 Å². The standard InChI is InChI=1S/C34H32N4/c1-26-13-9-12-20-32(26)36-22-24-38-33(36)25-28-14-10-11-19-31(28)34(38,29-15-5-3-6-16-29)37-23-21-35(27(37)2)30-17-7-4-8-18-30/h3-24,27,33H,25H2,1-2H3/t27-,33+,34?/m0/s1. The summed E-state index contributed by atoms with van der Waals surface area (Å²) >= 11 is 0. The molecule has 0 saturated carbocycles. The molecule has 1 unspecified atom stereocenters. The van der Waals surface area contributed by atoms with Gasteiger partial charge in [-0.1, -0.05) is 91.0 Å². The first-order valence-electron chi connectivity index (χ1n) is 13.4. The Balaban J connectivity index is 1.43. The number of aryl methyl sites for hydroxylation is 1. The molecule has 0 bridgehead atoms. The summed E-state index contributed by atoms with van der Waals surface area (Å²) in [4.78, 5) is 9.97. The Morgan fingerprint density at radius 2 is 1.26 bits per heavy atom. The van der Waals surface area contributed by atoms with E-state index in [1.807, 2.05) is 0 Å². The summed E-state index contributed by atoms with van der Waals surface area (Å²) < 4.78 is 0. The molecular formula is C34H32N4. The van der Waals surface area contributed by atoms with Crippen LogP contribution < -0.4 is 9.80 Å². The van der Waals surface area contributed by atoms with Crippen molar-refractivity contribution in [1.29, 1.82) is 0 Å². The van der Waals surface area contributed by atoms with E-state index < -0.39 is 5.66 Å². The minimum absolute atomic E-state index is 0.102. The second-order valence-electron chi connectivity index (χ2n) is 10.4. The number of rotatable bonds is 4. The first-order valence-corrected chi connectivity index (χ1v) is 13.4. The van der Waals surface area contributed by atoms with Gasteiger partial charge in [0.1, 0.15) is 12.3 Å². The molecular weight excluding hydrogens is 464 g/mol. The molecule has 3 aliphatic rings. The molecule has 3 heterocycles. The third kappa shape index (κ3) is 3.23. The van der Waals surface area contributed by atoms with Crippen molar-refractivity contribution >= 4 is 11.4 Å². The number of nitrogens with zero attached hydrogens (tertiary/aromatic N) is 4. The van der Waals surface area contributed by atoms with Crippen LogP contribution in [0.5, 0.6) is 0 Å². The normalized spacial score (nSPS) is 23.6. The van der Waals surface area contributed by atoms with Crippen molar-refractivity contribution in [2.45, 2.75) is 38.3 Å². The predicted molar refractivity (Wildman–Crippen MR) is 155 cm³/mol. The van der Waals surface area contributed by atoms with Crippen molar-refractivity contribution < 1.29 is 0 Å². The monoisotopic (exact) mass is 496 g/mol. The van der Waals surface area contributed by atoms with E-state index in [2.05, 4.69) is 167 Å². The largest absolute Gasteiger partial charge is 0.326 e. The molecule has 0 radical (unpaired) electrons. The zero-order valence-corrected chi connectivity index (χ0v) is 21.9. The molecule has 4 nitrogen and oxygen atoms in total. The molecule has 4 aromatic rings. The van der Waals surface area contributed by atoms with Gasteiger partial charge in [-0.25, -0.2) is 0 Å². The lowest BCUT2D eigenvalue weighted by Gasteiger charge is -2.57. The van der Waals surface area contributed by atoms with E-state index in [1.54, 1.807) is 0 Å². The van der Waals surface area contributed by atoms with Crippen molar-refractivity contribution in [2.75, 3.05) is 9.80 Å². The van der Waals surface area contributed by atoms with Crippen molar-refractivity contribution in [3.63, 3.8) is 0 Å². The molecule has 4 aromatic carbocycles. The summed E-state index contributed by atoms with van der Waals surface area (Å²) in [5, 5.41) is 0. The fraction of sp³-hybridized carbons (Fsp3) is 0.176. The maximum Gasteiger partial charge on any atom is 0.169 e. The average Bonchev–Trinajstić information content (AvgIpc) is 3.57. The molecule has 0 aromatic heterocycles. The van der Waals surface area contributed by atoms with Gasteiger partial charge in [-0.2, -0.15) is 0 Å². The highest BCUT2D eigenvalue weighted by atomic mass is 15.5. The van der Waals surface area contributed by atoms with Crippen LogP contribution in [0.2, 0.25) is 0 Å². The van der Waals surface area contributed by atoms with Crippen LogP contribution in [-0.2, 0) is 12.1 Å². The number of anilines is 2. The number of fused-ring (bicyclic) bond motifs is 2. The van der Waals surface area contributed by atoms with E-state index in [1.165, 1.54) is 33.6 Å². The van der Waals surface area contributed by atoms with E-state index in [0.717, 1.165) is 6.42 Å². The number of benzene rings is 4. The summed E-state index contributed by atoms with van der Waals surface area (Å²) in [5.74, 6) is 0. The van der Waals surface area contributed by atoms with Crippen molar-refractivity contribution in [3.8, 4) is 0 Å². The van der Waals surface area contributed by atoms with Crippen LogP contribution in [0.3, 0.4) is 0 Å². The molecule has 38 heavy (non-hydrogen) atoms. The van der Waals surface area contributed by atoms with Crippen LogP contribution in [-0.4, -0.2) is 22.1 Å². The third-order valence-corrected chi connectivity index (χ3v) is 8.39. The van der Waals surface area contributed by atoms with Gasteiger partial charge in [0.25, 0.3) is 0 Å². The Kier molecular flexibility index (Phi) is 5.29. The van der Waals surface area contributed by atoms with Crippen LogP contribution in [0.1, 0.15) is 29.2 Å². The first kappa shape index (κ1) is 22.7. The van der Waals surface area contributed by atoms with Gasteiger partial charge in [0.2, 0.25) is 0 Å². The van der Waals surface area contributed by atoms with Crippen LogP contribution in [0.15, 0.2) is 134 Å². The minimum Gasteiger partial charge on any atom is -0.326 e. The molecule has 0 amide bonds. The smallest absolute Gasteiger partial charge is 0.169 e. The van der Waals surface area contributed by atoms with E-state index >= 15 is 0 Å². The molecule has 0 fully saturated rings. The summed E-state index contributed by atoms with van der Waals surface area (Å²) in [7, 11) is 0. The average molecular weight is 497 g/mol. The highest BCUT2D eigenvalue weighted by Gasteiger charge is 2.55. The van der Waals surface area contributed by atoms with Gasteiger partial charge < -0.3 is 19.6 Å². The van der Waals surface area contributed by atoms with Gasteiger partial charge in [-0.15, -0.1) is 0 Å². The molecule has 0 aliphatic carbocycles. The van der Waals surface area contributed by atoms with Crippen molar-refractivity contribution in [3.05, 3.63) is 156 Å². The lowest BCUT2D eigenvalue weighted by molar-refractivity contribution is -0.0126. The Labute approximate surface area is 225 Å². The van der Waals surface area contributed by atoms with E-state index in [-0.39, 0.29) is 12.3 Å². The Morgan fingerprint density at radius 3 is 2.05 bits per heavy atom. The second-order valence-corrected chi connectivity index (χ2v) is 10.4. The topological polar surface area (TPSA) is 13.0 Å². The fourth-order valence-electron chi connectivity index (χ4n) is 6.67. The minimum atomic E-state index is -0.520. The zero-order chi connectivity index (χ0) is 25.7. The molecule has 7 rings (SSSR count). The molecule has 3 atom stereocenters. The zero-order valence-electron chi connectivity index (χ0n) is 21.9. The summed E-state index contributed by atoms with van der Waals surface area (Å²) in [6.45, 7) is 4.51. The maximum absolute atomic E-state index is 2.59. The van der Waals surface area contributed by atoms with Crippen LogP contribution in [0.25, 0.3) is 0 Å². The molecule has 4 heteroatoms. The molecule has 0 N–H and O–H groups in total. The number of hydrogen-bond acceptors (Lipinski definition) is 4. The Bertz CT molecular complexity index is 1510. The van der Waals surface area contributed by atoms with Gasteiger partial charge in [-0.05, 0) is 43.2 Å². The molecule has 0 spiro atoms. The number of hydrogen-bond donors (Lipinski definition) is 0. The second kappa shape index (κ2) is 8.84. The van der Waals surface area contributed by atoms with Gasteiger partial charge in [0, 0.05) is 53.7 Å². The number of para-hydroxylation sites is 2. The summed E-state index contributed by atoms with van der Waals surface area (Å²) in [5.41, 5.74) is 7.21. The predicted octanol–water partition coefficient (Wildman–Crippen LogP) is 7.01. The van der Waals surface area contributed by atoms with Gasteiger partial charge in [0.15, 0.2) is 5.66 Å². The van der Waals surface area contributed by atoms with E-state index in [0.29, 0.717) is 0 Å². The Hall–Kier alpha value is -4.44. The quantitative estimate of drug-likeness (QED) is 0.301. The van der Waals surface area contributed by atoms with Crippen LogP contribution in [0.4, 0.5) is 11.4 Å². The SMILES string of the molecule is Cc1ccccc1N1C=CN2[C@@H]1Cc1ccccc1C2(c1ccccc1)N1C=CN(c2ccccc2)[C@@H]1C. The molecule has 0 saturated heterocycles. The lowest BCUT2D eigenvalue weighted by atomic mass is 9.80. The fourth-order valence-corrected chi connectivity index (χ4v) is 6.67. The van der Waals surface area contributed by atoms with Crippen LogP contribution >= 0.6 is 0 Å². The summed E-state index contributed by atoms with van der Waals surface area (Å²) in [6, 6.07) is 39.4. The van der Waals surface area contributed by atoms with Crippen LogP contribution in [0, 0.1) is 6.92 Å². The molecule has 3 aliphatic heterocycles. The van der Waals surface area contributed by atoms with Crippen molar-refractivity contribution in [2.24, 2.45) is 0 Å². The highest BCUT2D eigenvalue weighted by molar-refractivity contribution is 5.60. The Morgan fingerprint density at radius 1 is 0.632 bits per heavy atom. The summed E-state index contributed by atoms with van der Waals surface area (Å²) in [6.07, 6.45) is 10.3.